The van der Waals surface area contributed by atoms with E-state index in [1.54, 1.807) is 0 Å². The summed E-state index contributed by atoms with van der Waals surface area (Å²) < 4.78 is 5.51. The summed E-state index contributed by atoms with van der Waals surface area (Å²) >= 11 is 1.86. The number of nitrogens with one attached hydrogen (secondary N) is 1. The largest absolute Gasteiger partial charge is 0.377 e. The van der Waals surface area contributed by atoms with Gasteiger partial charge in [-0.3, -0.25) is 0 Å². The SMILES string of the molecule is CCc1nc(N2CCOCC2C)sc1CNC1CC1. The lowest BCUT2D eigenvalue weighted by Crippen LogP contribution is -2.43. The predicted octanol–water partition coefficient (Wildman–Crippen LogP) is 2.18. The van der Waals surface area contributed by atoms with Crippen LogP contribution in [0.1, 0.15) is 37.3 Å². The van der Waals surface area contributed by atoms with Crippen LogP contribution in [-0.2, 0) is 17.7 Å². The van der Waals surface area contributed by atoms with Gasteiger partial charge in [0, 0.05) is 24.0 Å². The molecule has 0 spiro atoms. The Morgan fingerprint density at radius 3 is 3.00 bits per heavy atom. The van der Waals surface area contributed by atoms with Crippen molar-refractivity contribution in [2.75, 3.05) is 24.7 Å². The zero-order chi connectivity index (χ0) is 13.2. The Bertz CT molecular complexity index is 430. The van der Waals surface area contributed by atoms with E-state index in [0.29, 0.717) is 6.04 Å². The third kappa shape index (κ3) is 3.09. The minimum atomic E-state index is 0.439. The molecule has 1 aliphatic carbocycles. The fourth-order valence-corrected chi connectivity index (χ4v) is 3.67. The highest BCUT2D eigenvalue weighted by Gasteiger charge is 2.25. The third-order valence-corrected chi connectivity index (χ3v) is 4.98. The average molecular weight is 281 g/mol. The van der Waals surface area contributed by atoms with Crippen LogP contribution in [-0.4, -0.2) is 36.8 Å². The highest BCUT2D eigenvalue weighted by atomic mass is 32.1. The van der Waals surface area contributed by atoms with Crippen LogP contribution in [0.3, 0.4) is 0 Å². The van der Waals surface area contributed by atoms with Crippen molar-refractivity contribution in [3.8, 4) is 0 Å². The maximum absolute atomic E-state index is 5.51. The van der Waals surface area contributed by atoms with Gasteiger partial charge in [0.15, 0.2) is 5.13 Å². The molecule has 0 bridgehead atoms. The minimum Gasteiger partial charge on any atom is -0.377 e. The number of hydrogen-bond donors (Lipinski definition) is 1. The lowest BCUT2D eigenvalue weighted by molar-refractivity contribution is 0.0989. The van der Waals surface area contributed by atoms with Crippen molar-refractivity contribution in [1.82, 2.24) is 10.3 Å². The second-order valence-electron chi connectivity index (χ2n) is 5.49. The second-order valence-corrected chi connectivity index (χ2v) is 6.55. The van der Waals surface area contributed by atoms with E-state index in [1.165, 1.54) is 28.5 Å². The molecule has 5 heteroatoms. The summed E-state index contributed by atoms with van der Waals surface area (Å²) in [5.41, 5.74) is 1.27. The van der Waals surface area contributed by atoms with E-state index >= 15 is 0 Å². The van der Waals surface area contributed by atoms with Gasteiger partial charge in [-0.05, 0) is 26.2 Å². The first-order valence-corrected chi connectivity index (χ1v) is 8.16. The summed E-state index contributed by atoms with van der Waals surface area (Å²) in [5.74, 6) is 0. The molecule has 0 radical (unpaired) electrons. The monoisotopic (exact) mass is 281 g/mol. The van der Waals surface area contributed by atoms with Crippen molar-refractivity contribution in [3.05, 3.63) is 10.6 Å². The molecule has 1 saturated heterocycles. The Balaban J connectivity index is 1.73. The number of nitrogens with zero attached hydrogens (tertiary/aromatic N) is 2. The highest BCUT2D eigenvalue weighted by Crippen LogP contribution is 2.30. The molecule has 0 amide bonds. The molecule has 4 nitrogen and oxygen atoms in total. The van der Waals surface area contributed by atoms with Crippen LogP contribution in [0.5, 0.6) is 0 Å². The molecular formula is C14H23N3OS. The van der Waals surface area contributed by atoms with Gasteiger partial charge in [0.05, 0.1) is 24.9 Å². The van der Waals surface area contributed by atoms with E-state index in [1.807, 2.05) is 11.3 Å². The van der Waals surface area contributed by atoms with Crippen LogP contribution in [0.2, 0.25) is 0 Å². The molecule has 1 unspecified atom stereocenters. The second kappa shape index (κ2) is 5.77. The lowest BCUT2D eigenvalue weighted by atomic mass is 10.3. The van der Waals surface area contributed by atoms with Gasteiger partial charge in [-0.1, -0.05) is 6.92 Å². The van der Waals surface area contributed by atoms with Gasteiger partial charge < -0.3 is 15.0 Å². The number of hydrogen-bond acceptors (Lipinski definition) is 5. The normalized spacial score (nSPS) is 23.9. The third-order valence-electron chi connectivity index (χ3n) is 3.84. The van der Waals surface area contributed by atoms with Crippen molar-refractivity contribution in [2.45, 2.75) is 51.7 Å². The van der Waals surface area contributed by atoms with Crippen molar-refractivity contribution in [2.24, 2.45) is 0 Å². The number of rotatable bonds is 5. The smallest absolute Gasteiger partial charge is 0.186 e. The van der Waals surface area contributed by atoms with Gasteiger partial charge in [-0.2, -0.15) is 0 Å². The fourth-order valence-electron chi connectivity index (χ4n) is 2.44. The molecule has 1 saturated carbocycles. The van der Waals surface area contributed by atoms with Crippen LogP contribution in [0.25, 0.3) is 0 Å². The van der Waals surface area contributed by atoms with Crippen molar-refractivity contribution < 1.29 is 4.74 Å². The van der Waals surface area contributed by atoms with Gasteiger partial charge in [-0.15, -0.1) is 11.3 Å². The molecule has 2 aliphatic rings. The molecule has 0 aromatic carbocycles. The summed E-state index contributed by atoms with van der Waals surface area (Å²) in [4.78, 5) is 8.67. The van der Waals surface area contributed by atoms with E-state index in [4.69, 9.17) is 9.72 Å². The number of anilines is 1. The lowest BCUT2D eigenvalue weighted by Gasteiger charge is -2.32. The molecule has 1 aromatic heterocycles. The van der Waals surface area contributed by atoms with Crippen LogP contribution in [0.15, 0.2) is 0 Å². The summed E-state index contributed by atoms with van der Waals surface area (Å²) in [6, 6.07) is 1.20. The zero-order valence-corrected chi connectivity index (χ0v) is 12.6. The fraction of sp³-hybridized carbons (Fsp3) is 0.786. The standard InChI is InChI=1S/C14H23N3OS/c1-3-12-13(8-15-11-4-5-11)19-14(16-12)17-6-7-18-9-10(17)2/h10-11,15H,3-9H2,1-2H3. The highest BCUT2D eigenvalue weighted by molar-refractivity contribution is 7.15. The number of thiazole rings is 1. The Morgan fingerprint density at radius 2 is 2.32 bits per heavy atom. The number of aromatic nitrogens is 1. The molecule has 2 heterocycles. The molecule has 2 fully saturated rings. The van der Waals surface area contributed by atoms with Gasteiger partial charge >= 0.3 is 0 Å². The van der Waals surface area contributed by atoms with Gasteiger partial charge in [0.25, 0.3) is 0 Å². The molecule has 19 heavy (non-hydrogen) atoms. The number of morpholine rings is 1. The predicted molar refractivity (Wildman–Crippen MR) is 79.0 cm³/mol. The summed E-state index contributed by atoms with van der Waals surface area (Å²) in [6.45, 7) is 8.01. The summed E-state index contributed by atoms with van der Waals surface area (Å²) in [5, 5.41) is 4.78. The Kier molecular flexibility index (Phi) is 4.05. The molecule has 1 aromatic rings. The van der Waals surface area contributed by atoms with E-state index in [2.05, 4.69) is 24.1 Å². The molecule has 106 valence electrons. The van der Waals surface area contributed by atoms with Gasteiger partial charge in [0.1, 0.15) is 0 Å². The maximum Gasteiger partial charge on any atom is 0.186 e. The first-order valence-electron chi connectivity index (χ1n) is 7.34. The Morgan fingerprint density at radius 1 is 1.47 bits per heavy atom. The van der Waals surface area contributed by atoms with Gasteiger partial charge in [-0.25, -0.2) is 4.98 Å². The quantitative estimate of drug-likeness (QED) is 0.897. The first-order chi connectivity index (χ1) is 9.28. The van der Waals surface area contributed by atoms with Crippen molar-refractivity contribution in [1.29, 1.82) is 0 Å². The molecule has 3 rings (SSSR count). The summed E-state index contributed by atoms with van der Waals surface area (Å²) in [7, 11) is 0. The van der Waals surface area contributed by atoms with Crippen LogP contribution in [0, 0.1) is 0 Å². The number of ether oxygens (including phenoxy) is 1. The van der Waals surface area contributed by atoms with Crippen molar-refractivity contribution in [3.63, 3.8) is 0 Å². The first kappa shape index (κ1) is 13.3. The molecule has 1 atom stereocenters. The number of aryl methyl sites for hydroxylation is 1. The molecule has 1 N–H and O–H groups in total. The van der Waals surface area contributed by atoms with Crippen LogP contribution < -0.4 is 10.2 Å². The molecular weight excluding hydrogens is 258 g/mol. The summed E-state index contributed by atoms with van der Waals surface area (Å²) in [6.07, 6.45) is 3.71. The van der Waals surface area contributed by atoms with E-state index < -0.39 is 0 Å². The Hall–Kier alpha value is -0.650. The average Bonchev–Trinajstić information content (AvgIpc) is 3.16. The van der Waals surface area contributed by atoms with Crippen LogP contribution >= 0.6 is 11.3 Å². The van der Waals surface area contributed by atoms with E-state index in [-0.39, 0.29) is 0 Å². The minimum absolute atomic E-state index is 0.439. The zero-order valence-electron chi connectivity index (χ0n) is 11.8. The maximum atomic E-state index is 5.51. The van der Waals surface area contributed by atoms with Gasteiger partial charge in [0.2, 0.25) is 0 Å². The van der Waals surface area contributed by atoms with E-state index in [9.17, 15) is 0 Å². The van der Waals surface area contributed by atoms with E-state index in [0.717, 1.165) is 38.8 Å². The topological polar surface area (TPSA) is 37.4 Å². The van der Waals surface area contributed by atoms with Crippen molar-refractivity contribution >= 4 is 16.5 Å². The van der Waals surface area contributed by atoms with Crippen LogP contribution in [0.4, 0.5) is 5.13 Å². The Labute approximate surface area is 119 Å². The molecule has 1 aliphatic heterocycles.